The van der Waals surface area contributed by atoms with Gasteiger partial charge in [0.2, 0.25) is 0 Å². The lowest BCUT2D eigenvalue weighted by atomic mass is 9.77. The van der Waals surface area contributed by atoms with Crippen molar-refractivity contribution in [3.05, 3.63) is 12.2 Å². The topological polar surface area (TPSA) is 35.5 Å². The average molecular weight is 198 g/mol. The van der Waals surface area contributed by atoms with Gasteiger partial charge in [-0.2, -0.15) is 0 Å². The summed E-state index contributed by atoms with van der Waals surface area (Å²) in [7, 11) is 0. The Morgan fingerprint density at radius 3 is 2.64 bits per heavy atom. The van der Waals surface area contributed by atoms with Gasteiger partial charge in [-0.3, -0.25) is 0 Å². The van der Waals surface area contributed by atoms with E-state index in [0.29, 0.717) is 18.8 Å². The molecule has 2 unspecified atom stereocenters. The van der Waals surface area contributed by atoms with Crippen molar-refractivity contribution in [2.75, 3.05) is 13.2 Å². The van der Waals surface area contributed by atoms with Crippen LogP contribution in [0.15, 0.2) is 12.2 Å². The molecule has 1 aliphatic rings. The van der Waals surface area contributed by atoms with Gasteiger partial charge in [-0.15, -0.1) is 0 Å². The van der Waals surface area contributed by atoms with Gasteiger partial charge in [0.1, 0.15) is 6.61 Å². The molecule has 0 amide bonds. The van der Waals surface area contributed by atoms with Crippen LogP contribution < -0.4 is 0 Å². The molecule has 1 rings (SSSR count). The normalized spacial score (nSPS) is 30.6. The molecule has 0 radical (unpaired) electrons. The van der Waals surface area contributed by atoms with Gasteiger partial charge in [0.25, 0.3) is 0 Å². The molecule has 2 atom stereocenters. The maximum absolute atomic E-state index is 11.2. The molecule has 0 bridgehead atoms. The monoisotopic (exact) mass is 198 g/mol. The number of carbonyl (C=O) groups excluding carboxylic acids is 1. The summed E-state index contributed by atoms with van der Waals surface area (Å²) in [5.41, 5.74) is 0.481. The third-order valence-electron chi connectivity index (χ3n) is 3.03. The van der Waals surface area contributed by atoms with Crippen molar-refractivity contribution in [2.24, 2.45) is 5.41 Å². The number of carbonyl (C=O) groups is 1. The van der Waals surface area contributed by atoms with Gasteiger partial charge in [0, 0.05) is 5.57 Å². The Morgan fingerprint density at radius 1 is 1.71 bits per heavy atom. The Morgan fingerprint density at radius 2 is 2.36 bits per heavy atom. The number of ether oxygens (including phenoxy) is 2. The van der Waals surface area contributed by atoms with Crippen molar-refractivity contribution < 1.29 is 14.3 Å². The van der Waals surface area contributed by atoms with Crippen LogP contribution in [0.25, 0.3) is 0 Å². The molecule has 1 fully saturated rings. The van der Waals surface area contributed by atoms with Gasteiger partial charge in [-0.05, 0) is 20.3 Å². The van der Waals surface area contributed by atoms with Crippen LogP contribution in [0.2, 0.25) is 0 Å². The molecule has 3 heteroatoms. The van der Waals surface area contributed by atoms with E-state index in [0.717, 1.165) is 6.42 Å². The highest BCUT2D eigenvalue weighted by atomic mass is 16.6. The molecule has 0 aromatic carbocycles. The zero-order valence-corrected chi connectivity index (χ0v) is 9.13. The third kappa shape index (κ3) is 1.98. The van der Waals surface area contributed by atoms with Crippen LogP contribution in [0, 0.1) is 5.41 Å². The molecule has 0 aliphatic carbocycles. The van der Waals surface area contributed by atoms with Gasteiger partial charge in [-0.25, -0.2) is 4.79 Å². The second kappa shape index (κ2) is 4.13. The van der Waals surface area contributed by atoms with E-state index in [2.05, 4.69) is 13.5 Å². The van der Waals surface area contributed by atoms with Gasteiger partial charge >= 0.3 is 5.97 Å². The van der Waals surface area contributed by atoms with E-state index in [-0.39, 0.29) is 17.5 Å². The van der Waals surface area contributed by atoms with Crippen molar-refractivity contribution in [1.29, 1.82) is 0 Å². The highest BCUT2D eigenvalue weighted by Crippen LogP contribution is 2.38. The summed E-state index contributed by atoms with van der Waals surface area (Å²) < 4.78 is 10.5. The summed E-state index contributed by atoms with van der Waals surface area (Å²) in [4.78, 5) is 11.2. The van der Waals surface area contributed by atoms with E-state index in [9.17, 15) is 4.79 Å². The van der Waals surface area contributed by atoms with Gasteiger partial charge in [-0.1, -0.05) is 13.5 Å². The van der Waals surface area contributed by atoms with Crippen molar-refractivity contribution in [3.63, 3.8) is 0 Å². The minimum Gasteiger partial charge on any atom is -0.462 e. The minimum atomic E-state index is -0.308. The van der Waals surface area contributed by atoms with Crippen LogP contribution in [-0.4, -0.2) is 25.3 Å². The molecular formula is C11H18O3. The van der Waals surface area contributed by atoms with Crippen molar-refractivity contribution in [1.82, 2.24) is 0 Å². The Labute approximate surface area is 85.1 Å². The molecule has 3 nitrogen and oxygen atoms in total. The molecule has 1 saturated heterocycles. The smallest absolute Gasteiger partial charge is 0.333 e. The van der Waals surface area contributed by atoms with Gasteiger partial charge in [0.05, 0.1) is 18.1 Å². The second-order valence-electron chi connectivity index (χ2n) is 4.03. The average Bonchev–Trinajstić information content (AvgIpc) is 2.16. The first-order valence-corrected chi connectivity index (χ1v) is 4.96. The van der Waals surface area contributed by atoms with E-state index < -0.39 is 0 Å². The van der Waals surface area contributed by atoms with Crippen molar-refractivity contribution >= 4 is 5.97 Å². The fraction of sp³-hybridized carbons (Fsp3) is 0.727. The zero-order valence-electron chi connectivity index (χ0n) is 9.13. The molecule has 0 saturated carbocycles. The summed E-state index contributed by atoms with van der Waals surface area (Å²) in [6.45, 7) is 10.4. The highest BCUT2D eigenvalue weighted by Gasteiger charge is 2.45. The van der Waals surface area contributed by atoms with E-state index in [4.69, 9.17) is 9.47 Å². The first-order chi connectivity index (χ1) is 6.52. The van der Waals surface area contributed by atoms with Crippen molar-refractivity contribution in [3.8, 4) is 0 Å². The standard InChI is InChI=1S/C11H18O3/c1-5-11(6-13-9(11)4)7-14-10(12)8(2)3/h9H,2,5-7H2,1,3-4H3. The molecule has 1 aliphatic heterocycles. The number of esters is 1. The first kappa shape index (κ1) is 11.2. The van der Waals surface area contributed by atoms with Crippen LogP contribution in [0.5, 0.6) is 0 Å². The Hall–Kier alpha value is -0.830. The van der Waals surface area contributed by atoms with Gasteiger partial charge < -0.3 is 9.47 Å². The summed E-state index contributed by atoms with van der Waals surface area (Å²) in [5, 5.41) is 0. The van der Waals surface area contributed by atoms with Crippen LogP contribution in [0.1, 0.15) is 27.2 Å². The molecular weight excluding hydrogens is 180 g/mol. The number of hydrogen-bond acceptors (Lipinski definition) is 3. The lowest BCUT2D eigenvalue weighted by Gasteiger charge is -2.46. The molecule has 0 aromatic heterocycles. The van der Waals surface area contributed by atoms with E-state index in [1.165, 1.54) is 0 Å². The van der Waals surface area contributed by atoms with Crippen LogP contribution >= 0.6 is 0 Å². The summed E-state index contributed by atoms with van der Waals surface area (Å²) >= 11 is 0. The Bertz CT molecular complexity index is 243. The molecule has 0 N–H and O–H groups in total. The second-order valence-corrected chi connectivity index (χ2v) is 4.03. The first-order valence-electron chi connectivity index (χ1n) is 4.96. The van der Waals surface area contributed by atoms with Crippen LogP contribution in [0.4, 0.5) is 0 Å². The summed E-state index contributed by atoms with van der Waals surface area (Å²) in [5.74, 6) is -0.308. The predicted octanol–water partition coefficient (Wildman–Crippen LogP) is 1.92. The van der Waals surface area contributed by atoms with Crippen LogP contribution in [0.3, 0.4) is 0 Å². The lowest BCUT2D eigenvalue weighted by Crippen LogP contribution is -2.53. The fourth-order valence-corrected chi connectivity index (χ4v) is 1.47. The molecule has 0 aromatic rings. The highest BCUT2D eigenvalue weighted by molar-refractivity contribution is 5.86. The minimum absolute atomic E-state index is 0.0328. The molecule has 14 heavy (non-hydrogen) atoms. The van der Waals surface area contributed by atoms with E-state index in [1.807, 2.05) is 6.92 Å². The third-order valence-corrected chi connectivity index (χ3v) is 3.03. The lowest BCUT2D eigenvalue weighted by molar-refractivity contribution is -0.205. The molecule has 1 heterocycles. The summed E-state index contributed by atoms with van der Waals surface area (Å²) in [6, 6.07) is 0. The zero-order chi connectivity index (χ0) is 10.8. The number of hydrogen-bond donors (Lipinski definition) is 0. The Balaban J connectivity index is 2.43. The van der Waals surface area contributed by atoms with Crippen LogP contribution in [-0.2, 0) is 14.3 Å². The SMILES string of the molecule is C=C(C)C(=O)OCC1(CC)COC1C. The number of rotatable bonds is 4. The Kier molecular flexibility index (Phi) is 3.32. The summed E-state index contributed by atoms with van der Waals surface area (Å²) in [6.07, 6.45) is 1.16. The van der Waals surface area contributed by atoms with E-state index >= 15 is 0 Å². The largest absolute Gasteiger partial charge is 0.462 e. The maximum atomic E-state index is 11.2. The predicted molar refractivity (Wildman–Crippen MR) is 53.9 cm³/mol. The van der Waals surface area contributed by atoms with Gasteiger partial charge in [0.15, 0.2) is 0 Å². The quantitative estimate of drug-likeness (QED) is 0.511. The maximum Gasteiger partial charge on any atom is 0.333 e. The van der Waals surface area contributed by atoms with Crippen molar-refractivity contribution in [2.45, 2.75) is 33.3 Å². The fourth-order valence-electron chi connectivity index (χ4n) is 1.47. The molecule has 80 valence electrons. The van der Waals surface area contributed by atoms with E-state index in [1.54, 1.807) is 6.92 Å². The molecule has 0 spiro atoms.